The van der Waals surface area contributed by atoms with E-state index in [1.165, 1.54) is 11.3 Å². The van der Waals surface area contributed by atoms with Crippen LogP contribution in [0.4, 0.5) is 11.8 Å². The predicted octanol–water partition coefficient (Wildman–Crippen LogP) is 2.09. The zero-order chi connectivity index (χ0) is 13.2. The summed E-state index contributed by atoms with van der Waals surface area (Å²) in [5, 5.41) is 17.4. The Balaban J connectivity index is 2.07. The quantitative estimate of drug-likeness (QED) is 0.749. The topological polar surface area (TPSA) is 84.1 Å². The van der Waals surface area contributed by atoms with Crippen molar-refractivity contribution in [3.63, 3.8) is 0 Å². The second kappa shape index (κ2) is 5.09. The molecule has 0 aliphatic heterocycles. The maximum Gasteiger partial charge on any atom is 0.223 e. The van der Waals surface area contributed by atoms with Crippen LogP contribution in [-0.2, 0) is 5.60 Å². The number of thiophene rings is 1. The van der Waals surface area contributed by atoms with Gasteiger partial charge in [-0.3, -0.25) is 0 Å². The van der Waals surface area contributed by atoms with Crippen molar-refractivity contribution in [2.45, 2.75) is 12.5 Å². The van der Waals surface area contributed by atoms with Gasteiger partial charge in [0, 0.05) is 12.6 Å². The maximum absolute atomic E-state index is 10.3. The van der Waals surface area contributed by atoms with E-state index in [0.717, 1.165) is 5.56 Å². The molecule has 2 aromatic heterocycles. The smallest absolute Gasteiger partial charge is 0.223 e. The number of nitrogens with one attached hydrogen (secondary N) is 1. The van der Waals surface area contributed by atoms with E-state index in [2.05, 4.69) is 15.3 Å². The summed E-state index contributed by atoms with van der Waals surface area (Å²) in [6.07, 6.45) is 0. The van der Waals surface area contributed by atoms with Gasteiger partial charge in [-0.05, 0) is 29.3 Å². The lowest BCUT2D eigenvalue weighted by Crippen LogP contribution is -2.30. The van der Waals surface area contributed by atoms with Gasteiger partial charge in [0.2, 0.25) is 5.95 Å². The van der Waals surface area contributed by atoms with Crippen LogP contribution in [0.5, 0.6) is 0 Å². The predicted molar refractivity (Wildman–Crippen MR) is 73.8 cm³/mol. The van der Waals surface area contributed by atoms with E-state index < -0.39 is 5.60 Å². The molecule has 2 aromatic rings. The molecule has 0 bridgehead atoms. The number of hydrogen-bond donors (Lipinski definition) is 3. The average molecular weight is 285 g/mol. The number of nitrogens with zero attached hydrogens (tertiary/aromatic N) is 2. The van der Waals surface area contributed by atoms with Crippen LogP contribution >= 0.6 is 22.9 Å². The summed E-state index contributed by atoms with van der Waals surface area (Å²) >= 11 is 7.31. The molecule has 0 saturated heterocycles. The van der Waals surface area contributed by atoms with E-state index >= 15 is 0 Å². The Morgan fingerprint density at radius 3 is 2.94 bits per heavy atom. The van der Waals surface area contributed by atoms with E-state index in [1.54, 1.807) is 13.0 Å². The number of rotatable bonds is 4. The Morgan fingerprint density at radius 1 is 1.56 bits per heavy atom. The first-order valence-electron chi connectivity index (χ1n) is 5.26. The molecule has 0 aliphatic rings. The lowest BCUT2D eigenvalue weighted by molar-refractivity contribution is 0.0719. The first kappa shape index (κ1) is 13.1. The molecule has 0 aromatic carbocycles. The summed E-state index contributed by atoms with van der Waals surface area (Å²) in [6, 6.07) is 3.44. The minimum Gasteiger partial charge on any atom is -0.384 e. The van der Waals surface area contributed by atoms with Gasteiger partial charge < -0.3 is 16.2 Å². The van der Waals surface area contributed by atoms with Crippen molar-refractivity contribution in [2.75, 3.05) is 17.6 Å². The minimum atomic E-state index is -0.980. The van der Waals surface area contributed by atoms with Crippen molar-refractivity contribution in [3.05, 3.63) is 33.6 Å². The van der Waals surface area contributed by atoms with E-state index in [-0.39, 0.29) is 11.1 Å². The molecule has 0 spiro atoms. The lowest BCUT2D eigenvalue weighted by atomic mass is 9.99. The molecule has 0 radical (unpaired) electrons. The van der Waals surface area contributed by atoms with Crippen LogP contribution in [-0.4, -0.2) is 21.6 Å². The van der Waals surface area contributed by atoms with E-state index in [4.69, 9.17) is 17.3 Å². The molecule has 0 amide bonds. The molecule has 0 fully saturated rings. The number of nitrogens with two attached hydrogens (primary N) is 1. The summed E-state index contributed by atoms with van der Waals surface area (Å²) in [4.78, 5) is 7.74. The highest BCUT2D eigenvalue weighted by Gasteiger charge is 2.23. The van der Waals surface area contributed by atoms with Crippen LogP contribution in [0.2, 0.25) is 5.15 Å². The van der Waals surface area contributed by atoms with Crippen LogP contribution in [0.25, 0.3) is 0 Å². The second-order valence-electron chi connectivity index (χ2n) is 4.07. The highest BCUT2D eigenvalue weighted by molar-refractivity contribution is 7.08. The van der Waals surface area contributed by atoms with Gasteiger partial charge in [0.25, 0.3) is 0 Å². The Morgan fingerprint density at radius 2 is 2.33 bits per heavy atom. The van der Waals surface area contributed by atoms with Crippen molar-refractivity contribution < 1.29 is 5.11 Å². The maximum atomic E-state index is 10.3. The van der Waals surface area contributed by atoms with Gasteiger partial charge in [-0.15, -0.1) is 0 Å². The number of anilines is 2. The molecule has 2 rings (SSSR count). The number of nitrogen functional groups attached to an aromatic ring is 1. The van der Waals surface area contributed by atoms with Crippen LogP contribution in [0.1, 0.15) is 12.5 Å². The van der Waals surface area contributed by atoms with Crippen LogP contribution < -0.4 is 11.1 Å². The van der Waals surface area contributed by atoms with Crippen molar-refractivity contribution in [1.82, 2.24) is 9.97 Å². The fraction of sp³-hybridized carbons (Fsp3) is 0.273. The van der Waals surface area contributed by atoms with Crippen molar-refractivity contribution in [2.24, 2.45) is 0 Å². The molecule has 2 heterocycles. The standard InChI is InChI=1S/C11H13ClN4OS/c1-11(17,7-2-3-18-5-7)6-14-9-4-8(12)15-10(13)16-9/h2-5,17H,6H2,1H3,(H3,13,14,15,16). The molecule has 1 unspecified atom stereocenters. The van der Waals surface area contributed by atoms with Crippen LogP contribution in [0, 0.1) is 0 Å². The third-order valence-electron chi connectivity index (χ3n) is 2.47. The number of halogens is 1. The Kier molecular flexibility index (Phi) is 3.70. The fourth-order valence-corrected chi connectivity index (χ4v) is 2.43. The van der Waals surface area contributed by atoms with Crippen LogP contribution in [0.15, 0.2) is 22.9 Å². The Bertz CT molecular complexity index is 510. The Labute approximate surface area is 114 Å². The highest BCUT2D eigenvalue weighted by Crippen LogP contribution is 2.23. The number of aromatic nitrogens is 2. The molecular formula is C11H13ClN4OS. The average Bonchev–Trinajstić information content (AvgIpc) is 2.79. The van der Waals surface area contributed by atoms with Gasteiger partial charge in [0.05, 0.1) is 0 Å². The molecule has 1 atom stereocenters. The van der Waals surface area contributed by atoms with E-state index in [1.807, 2.05) is 16.8 Å². The second-order valence-corrected chi connectivity index (χ2v) is 5.24. The minimum absolute atomic E-state index is 0.0974. The molecule has 96 valence electrons. The third kappa shape index (κ3) is 3.10. The summed E-state index contributed by atoms with van der Waals surface area (Å²) < 4.78 is 0. The van der Waals surface area contributed by atoms with Gasteiger partial charge in [0.15, 0.2) is 0 Å². The van der Waals surface area contributed by atoms with E-state index in [9.17, 15) is 5.11 Å². The summed E-state index contributed by atoms with van der Waals surface area (Å²) in [5.41, 5.74) is 5.36. The summed E-state index contributed by atoms with van der Waals surface area (Å²) in [5.74, 6) is 0.586. The summed E-state index contributed by atoms with van der Waals surface area (Å²) in [7, 11) is 0. The summed E-state index contributed by atoms with van der Waals surface area (Å²) in [6.45, 7) is 2.03. The molecule has 0 aliphatic carbocycles. The lowest BCUT2D eigenvalue weighted by Gasteiger charge is -2.23. The SMILES string of the molecule is CC(O)(CNc1cc(Cl)nc(N)n1)c1ccsc1. The molecule has 5 nitrogen and oxygen atoms in total. The largest absolute Gasteiger partial charge is 0.384 e. The first-order valence-corrected chi connectivity index (χ1v) is 6.58. The van der Waals surface area contributed by atoms with Gasteiger partial charge in [-0.2, -0.15) is 16.3 Å². The first-order chi connectivity index (χ1) is 8.47. The fourth-order valence-electron chi connectivity index (χ4n) is 1.46. The molecular weight excluding hydrogens is 272 g/mol. The number of aliphatic hydroxyl groups is 1. The van der Waals surface area contributed by atoms with Gasteiger partial charge >= 0.3 is 0 Å². The molecule has 7 heteroatoms. The van der Waals surface area contributed by atoms with Gasteiger partial charge in [-0.1, -0.05) is 11.6 Å². The normalized spacial score (nSPS) is 14.2. The zero-order valence-corrected chi connectivity index (χ0v) is 11.3. The number of hydrogen-bond acceptors (Lipinski definition) is 6. The van der Waals surface area contributed by atoms with Gasteiger partial charge in [0.1, 0.15) is 16.6 Å². The van der Waals surface area contributed by atoms with Crippen molar-refractivity contribution in [1.29, 1.82) is 0 Å². The van der Waals surface area contributed by atoms with Crippen molar-refractivity contribution in [3.8, 4) is 0 Å². The van der Waals surface area contributed by atoms with Crippen molar-refractivity contribution >= 4 is 34.7 Å². The third-order valence-corrected chi connectivity index (χ3v) is 3.35. The van der Waals surface area contributed by atoms with E-state index in [0.29, 0.717) is 12.4 Å². The highest BCUT2D eigenvalue weighted by atomic mass is 35.5. The molecule has 0 saturated carbocycles. The zero-order valence-electron chi connectivity index (χ0n) is 9.72. The molecule has 18 heavy (non-hydrogen) atoms. The monoisotopic (exact) mass is 284 g/mol. The Hall–Kier alpha value is -1.37. The van der Waals surface area contributed by atoms with Crippen LogP contribution in [0.3, 0.4) is 0 Å². The van der Waals surface area contributed by atoms with Gasteiger partial charge in [-0.25, -0.2) is 4.98 Å². The molecule has 4 N–H and O–H groups in total.